The first-order valence-electron chi connectivity index (χ1n) is 8.89. The zero-order chi connectivity index (χ0) is 19.8. The molecule has 2 rings (SSSR count). The fourth-order valence-corrected chi connectivity index (χ4v) is 3.11. The first kappa shape index (κ1) is 20.6. The summed E-state index contributed by atoms with van der Waals surface area (Å²) >= 11 is 0. The molecule has 0 spiro atoms. The summed E-state index contributed by atoms with van der Waals surface area (Å²) in [6.07, 6.45) is 1.47. The Bertz CT molecular complexity index is 765. The second-order valence-electron chi connectivity index (χ2n) is 6.88. The van der Waals surface area contributed by atoms with E-state index in [4.69, 9.17) is 5.73 Å². The predicted molar refractivity (Wildman–Crippen MR) is 109 cm³/mol. The van der Waals surface area contributed by atoms with Crippen LogP contribution in [0, 0.1) is 0 Å². The maximum absolute atomic E-state index is 11.2. The molecular weight excluding hydrogens is 340 g/mol. The monoisotopic (exact) mass is 368 g/mol. The van der Waals surface area contributed by atoms with Gasteiger partial charge in [0.1, 0.15) is 6.29 Å². The SMILES string of the molecule is CN(Cc1cccc(-c2cccc(N)c2)c1)CC(N(C)C=O)N(C)CC=O. The number of nitrogen functional groups attached to an aromatic ring is 1. The Morgan fingerprint density at radius 1 is 1.00 bits per heavy atom. The van der Waals surface area contributed by atoms with Crippen LogP contribution in [0.25, 0.3) is 11.1 Å². The largest absolute Gasteiger partial charge is 0.399 e. The molecule has 6 heteroatoms. The first-order valence-corrected chi connectivity index (χ1v) is 8.89. The molecule has 6 nitrogen and oxygen atoms in total. The van der Waals surface area contributed by atoms with E-state index >= 15 is 0 Å². The average Bonchev–Trinajstić information content (AvgIpc) is 2.66. The third-order valence-corrected chi connectivity index (χ3v) is 4.58. The molecule has 0 radical (unpaired) electrons. The fourth-order valence-electron chi connectivity index (χ4n) is 3.11. The quantitative estimate of drug-likeness (QED) is 0.394. The van der Waals surface area contributed by atoms with Gasteiger partial charge in [-0.15, -0.1) is 0 Å². The lowest BCUT2D eigenvalue weighted by Crippen LogP contribution is -2.50. The van der Waals surface area contributed by atoms with Gasteiger partial charge in [0.05, 0.1) is 12.7 Å². The molecule has 1 atom stereocenters. The first-order chi connectivity index (χ1) is 12.9. The Labute approximate surface area is 161 Å². The Hall–Kier alpha value is -2.70. The van der Waals surface area contributed by atoms with E-state index in [1.54, 1.807) is 11.9 Å². The van der Waals surface area contributed by atoms with Gasteiger partial charge < -0.3 is 15.4 Å². The van der Waals surface area contributed by atoms with E-state index in [-0.39, 0.29) is 12.7 Å². The third-order valence-electron chi connectivity index (χ3n) is 4.58. The number of anilines is 1. The molecule has 2 aromatic rings. The second kappa shape index (κ2) is 9.85. The van der Waals surface area contributed by atoms with Crippen molar-refractivity contribution in [1.29, 1.82) is 0 Å². The molecule has 1 amide bonds. The Kier molecular flexibility index (Phi) is 7.52. The number of nitrogens with zero attached hydrogens (tertiary/aromatic N) is 3. The molecule has 0 aliphatic heterocycles. The van der Waals surface area contributed by atoms with Crippen molar-refractivity contribution in [2.75, 3.05) is 40.0 Å². The van der Waals surface area contributed by atoms with Crippen LogP contribution in [0.1, 0.15) is 5.56 Å². The van der Waals surface area contributed by atoms with Gasteiger partial charge in [-0.3, -0.25) is 14.6 Å². The number of aldehydes is 1. The predicted octanol–water partition coefficient (Wildman–Crippen LogP) is 1.91. The summed E-state index contributed by atoms with van der Waals surface area (Å²) < 4.78 is 0. The topological polar surface area (TPSA) is 69.9 Å². The fraction of sp³-hybridized carbons (Fsp3) is 0.333. The molecule has 0 saturated carbocycles. The number of carbonyl (C=O) groups is 2. The summed E-state index contributed by atoms with van der Waals surface area (Å²) in [5, 5.41) is 0. The molecule has 2 N–H and O–H groups in total. The van der Waals surface area contributed by atoms with Crippen LogP contribution in [0.5, 0.6) is 0 Å². The molecule has 144 valence electrons. The lowest BCUT2D eigenvalue weighted by Gasteiger charge is -2.35. The van der Waals surface area contributed by atoms with E-state index in [1.165, 1.54) is 5.56 Å². The zero-order valence-corrected chi connectivity index (χ0v) is 16.2. The molecule has 0 aromatic heterocycles. The van der Waals surface area contributed by atoms with E-state index in [2.05, 4.69) is 23.1 Å². The molecule has 27 heavy (non-hydrogen) atoms. The van der Waals surface area contributed by atoms with Gasteiger partial charge in [-0.2, -0.15) is 0 Å². The second-order valence-corrected chi connectivity index (χ2v) is 6.88. The minimum atomic E-state index is -0.171. The van der Waals surface area contributed by atoms with Crippen molar-refractivity contribution >= 4 is 18.4 Å². The summed E-state index contributed by atoms with van der Waals surface area (Å²) in [5.41, 5.74) is 10.0. The summed E-state index contributed by atoms with van der Waals surface area (Å²) in [6, 6.07) is 16.2. The van der Waals surface area contributed by atoms with Crippen molar-refractivity contribution in [3.8, 4) is 11.1 Å². The minimum Gasteiger partial charge on any atom is -0.399 e. The summed E-state index contributed by atoms with van der Waals surface area (Å²) in [7, 11) is 5.58. The van der Waals surface area contributed by atoms with E-state index in [9.17, 15) is 9.59 Å². The highest BCUT2D eigenvalue weighted by Crippen LogP contribution is 2.23. The van der Waals surface area contributed by atoms with Crippen molar-refractivity contribution < 1.29 is 9.59 Å². The van der Waals surface area contributed by atoms with Crippen LogP contribution in [0.4, 0.5) is 5.69 Å². The highest BCUT2D eigenvalue weighted by molar-refractivity contribution is 5.67. The molecule has 0 fully saturated rings. The highest BCUT2D eigenvalue weighted by atomic mass is 16.1. The normalized spacial score (nSPS) is 12.2. The van der Waals surface area contributed by atoms with Gasteiger partial charge in [0.15, 0.2) is 0 Å². The van der Waals surface area contributed by atoms with Crippen LogP contribution in [-0.2, 0) is 16.1 Å². The molecule has 0 saturated heterocycles. The number of amides is 1. The van der Waals surface area contributed by atoms with Crippen molar-refractivity contribution in [1.82, 2.24) is 14.7 Å². The van der Waals surface area contributed by atoms with Gasteiger partial charge in [0, 0.05) is 25.8 Å². The van der Waals surface area contributed by atoms with Crippen molar-refractivity contribution in [2.24, 2.45) is 0 Å². The molecular formula is C21H28N4O2. The van der Waals surface area contributed by atoms with E-state index in [0.717, 1.165) is 36.1 Å². The van der Waals surface area contributed by atoms with Crippen molar-refractivity contribution in [3.63, 3.8) is 0 Å². The number of carbonyl (C=O) groups excluding carboxylic acids is 2. The third kappa shape index (κ3) is 5.91. The van der Waals surface area contributed by atoms with Crippen LogP contribution in [0.15, 0.2) is 48.5 Å². The van der Waals surface area contributed by atoms with Gasteiger partial charge >= 0.3 is 0 Å². The lowest BCUT2D eigenvalue weighted by molar-refractivity contribution is -0.124. The summed E-state index contributed by atoms with van der Waals surface area (Å²) in [4.78, 5) is 27.6. The molecule has 0 heterocycles. The standard InChI is InChI=1S/C21H28N4O2/c1-23(15-21(25(3)16-27)24(2)10-11-26)14-17-6-4-7-18(12-17)19-8-5-9-20(22)13-19/h4-9,11-13,16,21H,10,14-15,22H2,1-3H3. The number of benzene rings is 2. The van der Waals surface area contributed by atoms with Gasteiger partial charge in [-0.25, -0.2) is 0 Å². The van der Waals surface area contributed by atoms with Crippen molar-refractivity contribution in [2.45, 2.75) is 12.7 Å². The van der Waals surface area contributed by atoms with E-state index < -0.39 is 0 Å². The van der Waals surface area contributed by atoms with Crippen LogP contribution in [-0.4, -0.2) is 67.8 Å². The van der Waals surface area contributed by atoms with Crippen molar-refractivity contribution in [3.05, 3.63) is 54.1 Å². The molecule has 0 aliphatic carbocycles. The van der Waals surface area contributed by atoms with Gasteiger partial charge in [-0.1, -0.05) is 30.3 Å². The van der Waals surface area contributed by atoms with Crippen LogP contribution >= 0.6 is 0 Å². The maximum Gasteiger partial charge on any atom is 0.210 e. The van der Waals surface area contributed by atoms with Crippen LogP contribution < -0.4 is 5.73 Å². The maximum atomic E-state index is 11.2. The smallest absolute Gasteiger partial charge is 0.210 e. The van der Waals surface area contributed by atoms with Gasteiger partial charge in [0.2, 0.25) is 6.41 Å². The summed E-state index contributed by atoms with van der Waals surface area (Å²) in [6.45, 7) is 1.64. The molecule has 1 unspecified atom stereocenters. The van der Waals surface area contributed by atoms with E-state index in [1.807, 2.05) is 49.3 Å². The Balaban J connectivity index is 2.10. The zero-order valence-electron chi connectivity index (χ0n) is 16.2. The van der Waals surface area contributed by atoms with Gasteiger partial charge in [0.25, 0.3) is 0 Å². The van der Waals surface area contributed by atoms with Gasteiger partial charge in [-0.05, 0) is 49.0 Å². The minimum absolute atomic E-state index is 0.171. The van der Waals surface area contributed by atoms with E-state index in [0.29, 0.717) is 6.54 Å². The molecule has 2 aromatic carbocycles. The number of hydrogen-bond acceptors (Lipinski definition) is 5. The lowest BCUT2D eigenvalue weighted by atomic mass is 10.0. The number of hydrogen-bond donors (Lipinski definition) is 1. The Morgan fingerprint density at radius 3 is 2.30 bits per heavy atom. The Morgan fingerprint density at radius 2 is 1.67 bits per heavy atom. The number of rotatable bonds is 10. The molecule has 0 aliphatic rings. The number of likely N-dealkylation sites (N-methyl/N-ethyl adjacent to an activating group) is 3. The molecule has 0 bridgehead atoms. The average molecular weight is 368 g/mol. The number of nitrogens with two attached hydrogens (primary N) is 1. The van der Waals surface area contributed by atoms with Crippen LogP contribution in [0.2, 0.25) is 0 Å². The van der Waals surface area contributed by atoms with Crippen LogP contribution in [0.3, 0.4) is 0 Å². The summed E-state index contributed by atoms with van der Waals surface area (Å²) in [5.74, 6) is 0. The highest BCUT2D eigenvalue weighted by Gasteiger charge is 2.20.